The van der Waals surface area contributed by atoms with E-state index in [1.165, 1.54) is 0 Å². The van der Waals surface area contributed by atoms with Gasteiger partial charge in [-0.3, -0.25) is 9.98 Å². The van der Waals surface area contributed by atoms with Crippen LogP contribution in [0.4, 0.5) is 0 Å². The van der Waals surface area contributed by atoms with E-state index in [0.717, 1.165) is 29.2 Å². The summed E-state index contributed by atoms with van der Waals surface area (Å²) < 4.78 is 0. The maximum Gasteiger partial charge on any atom is 0.0886 e. The molecule has 0 unspecified atom stereocenters. The van der Waals surface area contributed by atoms with Gasteiger partial charge < -0.3 is 0 Å². The fraction of sp³-hybridized carbons (Fsp3) is 0.231. The molecule has 0 bridgehead atoms. The van der Waals surface area contributed by atoms with Crippen LogP contribution in [0.3, 0.4) is 0 Å². The molecule has 0 N–H and O–H groups in total. The van der Waals surface area contributed by atoms with Crippen molar-refractivity contribution in [3.63, 3.8) is 0 Å². The van der Waals surface area contributed by atoms with Gasteiger partial charge in [0.2, 0.25) is 0 Å². The predicted molar refractivity (Wildman–Crippen MR) is 63.8 cm³/mol. The van der Waals surface area contributed by atoms with Gasteiger partial charge in [-0.15, -0.1) is 0 Å². The first-order valence-corrected chi connectivity index (χ1v) is 5.12. The van der Waals surface area contributed by atoms with Crippen LogP contribution in [0.5, 0.6) is 0 Å². The maximum atomic E-state index is 4.52. The van der Waals surface area contributed by atoms with Gasteiger partial charge in [0.25, 0.3) is 0 Å². The quantitative estimate of drug-likeness (QED) is 0.680. The van der Waals surface area contributed by atoms with E-state index in [1.54, 1.807) is 0 Å². The zero-order valence-electron chi connectivity index (χ0n) is 9.07. The average Bonchev–Trinajstić information content (AvgIpc) is 2.43. The van der Waals surface area contributed by atoms with Crippen molar-refractivity contribution in [2.45, 2.75) is 20.3 Å². The largest absolute Gasteiger partial charge is 0.252 e. The molecule has 1 aliphatic heterocycles. The van der Waals surface area contributed by atoms with Crippen LogP contribution in [0.2, 0.25) is 0 Å². The summed E-state index contributed by atoms with van der Waals surface area (Å²) in [6, 6.07) is 6.01. The molecule has 1 aliphatic rings. The second kappa shape index (κ2) is 4.22. The third-order valence-corrected chi connectivity index (χ3v) is 2.25. The molecule has 0 saturated heterocycles. The van der Waals surface area contributed by atoms with Crippen molar-refractivity contribution in [1.82, 2.24) is 4.98 Å². The lowest BCUT2D eigenvalue weighted by molar-refractivity contribution is 1.16. The molecular formula is C13H14N2. The normalized spacial score (nSPS) is 15.6. The Kier molecular flexibility index (Phi) is 2.77. The first kappa shape index (κ1) is 9.84. The molecule has 76 valence electrons. The number of aromatic nitrogens is 1. The van der Waals surface area contributed by atoms with Gasteiger partial charge in [0.1, 0.15) is 0 Å². The van der Waals surface area contributed by atoms with Crippen molar-refractivity contribution >= 4 is 11.4 Å². The number of pyridine rings is 1. The van der Waals surface area contributed by atoms with Crippen LogP contribution in [-0.2, 0) is 0 Å². The minimum atomic E-state index is 0.922. The number of aryl methyl sites for hydroxylation is 1. The molecule has 2 heteroatoms. The van der Waals surface area contributed by atoms with Crippen molar-refractivity contribution in [2.24, 2.45) is 4.99 Å². The van der Waals surface area contributed by atoms with E-state index in [2.05, 4.69) is 22.1 Å². The Labute approximate surface area is 90.1 Å². The van der Waals surface area contributed by atoms with Crippen LogP contribution in [0, 0.1) is 6.92 Å². The van der Waals surface area contributed by atoms with Gasteiger partial charge >= 0.3 is 0 Å². The molecule has 0 amide bonds. The molecule has 0 fully saturated rings. The summed E-state index contributed by atoms with van der Waals surface area (Å²) in [6.07, 6.45) is 7.18. The van der Waals surface area contributed by atoms with Crippen molar-refractivity contribution in [3.8, 4) is 0 Å². The second-order valence-electron chi connectivity index (χ2n) is 3.64. The Morgan fingerprint density at radius 2 is 2.07 bits per heavy atom. The van der Waals surface area contributed by atoms with Gasteiger partial charge in [0.15, 0.2) is 0 Å². The first-order chi connectivity index (χ1) is 7.25. The smallest absolute Gasteiger partial charge is 0.0886 e. The lowest BCUT2D eigenvalue weighted by Crippen LogP contribution is -1.91. The summed E-state index contributed by atoms with van der Waals surface area (Å²) in [5.74, 6) is 0. The first-order valence-electron chi connectivity index (χ1n) is 5.12. The number of allylic oxidation sites excluding steroid dienone is 3. The highest BCUT2D eigenvalue weighted by Crippen LogP contribution is 2.17. The molecular weight excluding hydrogens is 184 g/mol. The topological polar surface area (TPSA) is 25.2 Å². The Morgan fingerprint density at radius 3 is 2.87 bits per heavy atom. The van der Waals surface area contributed by atoms with E-state index >= 15 is 0 Å². The summed E-state index contributed by atoms with van der Waals surface area (Å²) in [4.78, 5) is 8.99. The zero-order valence-corrected chi connectivity index (χ0v) is 9.07. The van der Waals surface area contributed by atoms with Crippen LogP contribution in [0.25, 0.3) is 5.70 Å². The number of aliphatic imine (C=N–C) groups is 1. The molecule has 0 radical (unpaired) electrons. The highest BCUT2D eigenvalue weighted by atomic mass is 14.8. The number of rotatable bonds is 1. The third kappa shape index (κ3) is 2.40. The summed E-state index contributed by atoms with van der Waals surface area (Å²) in [7, 11) is 0. The highest BCUT2D eigenvalue weighted by Gasteiger charge is 2.03. The standard InChI is InChI=1S/C13H14N2/c1-10-6-3-4-8-12(14-10)13-9-5-7-11(2)15-13/h3,5-9H,4H2,1-2H3. The summed E-state index contributed by atoms with van der Waals surface area (Å²) in [5.41, 5.74) is 3.99. The molecule has 0 atom stereocenters. The molecule has 0 spiro atoms. The van der Waals surface area contributed by atoms with Gasteiger partial charge in [0, 0.05) is 11.4 Å². The third-order valence-electron chi connectivity index (χ3n) is 2.25. The molecule has 2 rings (SSSR count). The van der Waals surface area contributed by atoms with Crippen molar-refractivity contribution < 1.29 is 0 Å². The van der Waals surface area contributed by atoms with Gasteiger partial charge in [-0.25, -0.2) is 0 Å². The summed E-state index contributed by atoms with van der Waals surface area (Å²) in [6.45, 7) is 4.00. The number of hydrogen-bond acceptors (Lipinski definition) is 2. The minimum Gasteiger partial charge on any atom is -0.252 e. The molecule has 0 aromatic carbocycles. The Bertz CT molecular complexity index is 453. The fourth-order valence-corrected chi connectivity index (χ4v) is 1.54. The van der Waals surface area contributed by atoms with Crippen molar-refractivity contribution in [1.29, 1.82) is 0 Å². The van der Waals surface area contributed by atoms with Crippen LogP contribution in [-0.4, -0.2) is 10.7 Å². The van der Waals surface area contributed by atoms with Crippen LogP contribution in [0.15, 0.2) is 41.4 Å². The molecule has 0 saturated carbocycles. The Balaban J connectivity index is 2.39. The lowest BCUT2D eigenvalue weighted by atomic mass is 10.2. The summed E-state index contributed by atoms with van der Waals surface area (Å²) in [5, 5.41) is 0. The van der Waals surface area contributed by atoms with Crippen LogP contribution >= 0.6 is 0 Å². The molecule has 0 aliphatic carbocycles. The molecule has 15 heavy (non-hydrogen) atoms. The van der Waals surface area contributed by atoms with E-state index in [1.807, 2.05) is 38.1 Å². The predicted octanol–water partition coefficient (Wildman–Crippen LogP) is 3.15. The summed E-state index contributed by atoms with van der Waals surface area (Å²) >= 11 is 0. The fourth-order valence-electron chi connectivity index (χ4n) is 1.54. The maximum absolute atomic E-state index is 4.52. The van der Waals surface area contributed by atoms with Crippen molar-refractivity contribution in [2.75, 3.05) is 0 Å². The Hall–Kier alpha value is -1.70. The monoisotopic (exact) mass is 198 g/mol. The van der Waals surface area contributed by atoms with E-state index in [9.17, 15) is 0 Å². The van der Waals surface area contributed by atoms with Gasteiger partial charge in [-0.2, -0.15) is 0 Å². The SMILES string of the molecule is CC1=NC(c2cccc(C)n2)=CCC=C1. The molecule has 2 heterocycles. The van der Waals surface area contributed by atoms with E-state index < -0.39 is 0 Å². The molecule has 1 aromatic heterocycles. The van der Waals surface area contributed by atoms with Crippen LogP contribution in [0.1, 0.15) is 24.7 Å². The van der Waals surface area contributed by atoms with E-state index in [-0.39, 0.29) is 0 Å². The van der Waals surface area contributed by atoms with Crippen molar-refractivity contribution in [3.05, 3.63) is 47.8 Å². The van der Waals surface area contributed by atoms with Gasteiger partial charge in [0.05, 0.1) is 11.4 Å². The van der Waals surface area contributed by atoms with Gasteiger partial charge in [-0.1, -0.05) is 18.2 Å². The van der Waals surface area contributed by atoms with Crippen LogP contribution < -0.4 is 0 Å². The zero-order chi connectivity index (χ0) is 10.7. The molecule has 2 nitrogen and oxygen atoms in total. The highest BCUT2D eigenvalue weighted by molar-refractivity contribution is 5.97. The number of nitrogens with zero attached hydrogens (tertiary/aromatic N) is 2. The Morgan fingerprint density at radius 1 is 1.20 bits per heavy atom. The van der Waals surface area contributed by atoms with E-state index in [0.29, 0.717) is 0 Å². The van der Waals surface area contributed by atoms with E-state index in [4.69, 9.17) is 0 Å². The molecule has 1 aromatic rings. The minimum absolute atomic E-state index is 0.922. The second-order valence-corrected chi connectivity index (χ2v) is 3.64. The average molecular weight is 198 g/mol. The van der Waals surface area contributed by atoms with Gasteiger partial charge in [-0.05, 0) is 38.5 Å². The number of hydrogen-bond donors (Lipinski definition) is 0. The lowest BCUT2D eigenvalue weighted by Gasteiger charge is -2.02.